The van der Waals surface area contributed by atoms with E-state index < -0.39 is 0 Å². The SMILES string of the molecule is COc1ccc(Cc2nnc(SCc3noc(-c4ccsc4)n3)o2)cc1. The van der Waals surface area contributed by atoms with Crippen LogP contribution in [0.15, 0.2) is 55.3 Å². The molecule has 9 heteroatoms. The average molecular weight is 386 g/mol. The Balaban J connectivity index is 1.34. The van der Waals surface area contributed by atoms with E-state index in [0.717, 1.165) is 16.9 Å². The number of thioether (sulfide) groups is 1. The molecule has 1 aromatic carbocycles. The highest BCUT2D eigenvalue weighted by molar-refractivity contribution is 7.98. The van der Waals surface area contributed by atoms with Crippen molar-refractivity contribution in [3.8, 4) is 17.2 Å². The summed E-state index contributed by atoms with van der Waals surface area (Å²) in [6.45, 7) is 0. The van der Waals surface area contributed by atoms with Gasteiger partial charge in [0.05, 0.1) is 24.8 Å². The van der Waals surface area contributed by atoms with Gasteiger partial charge in [0.1, 0.15) is 5.75 Å². The Morgan fingerprint density at radius 1 is 1.15 bits per heavy atom. The topological polar surface area (TPSA) is 87.1 Å². The zero-order chi connectivity index (χ0) is 17.8. The Morgan fingerprint density at radius 3 is 2.81 bits per heavy atom. The van der Waals surface area contributed by atoms with Gasteiger partial charge < -0.3 is 13.7 Å². The predicted molar refractivity (Wildman–Crippen MR) is 97.3 cm³/mol. The summed E-state index contributed by atoms with van der Waals surface area (Å²) in [5.74, 6) is 2.98. The highest BCUT2D eigenvalue weighted by atomic mass is 32.2. The molecule has 3 heterocycles. The van der Waals surface area contributed by atoms with Crippen LogP contribution in [0.25, 0.3) is 11.5 Å². The molecule has 4 aromatic rings. The first kappa shape index (κ1) is 16.8. The smallest absolute Gasteiger partial charge is 0.277 e. The van der Waals surface area contributed by atoms with Crippen molar-refractivity contribution in [1.29, 1.82) is 0 Å². The summed E-state index contributed by atoms with van der Waals surface area (Å²) in [6, 6.07) is 9.70. The number of nitrogens with zero attached hydrogens (tertiary/aromatic N) is 4. The van der Waals surface area contributed by atoms with Crippen molar-refractivity contribution in [3.63, 3.8) is 0 Å². The number of thiophene rings is 1. The van der Waals surface area contributed by atoms with Gasteiger partial charge in [0.15, 0.2) is 5.82 Å². The highest BCUT2D eigenvalue weighted by Gasteiger charge is 2.12. The fourth-order valence-electron chi connectivity index (χ4n) is 2.23. The molecule has 0 radical (unpaired) electrons. The van der Waals surface area contributed by atoms with E-state index in [1.807, 2.05) is 41.1 Å². The third kappa shape index (κ3) is 3.94. The quantitative estimate of drug-likeness (QED) is 0.439. The van der Waals surface area contributed by atoms with Gasteiger partial charge in [-0.2, -0.15) is 16.3 Å². The van der Waals surface area contributed by atoms with Gasteiger partial charge >= 0.3 is 0 Å². The minimum absolute atomic E-state index is 0.482. The Morgan fingerprint density at radius 2 is 2.04 bits per heavy atom. The van der Waals surface area contributed by atoms with E-state index >= 15 is 0 Å². The summed E-state index contributed by atoms with van der Waals surface area (Å²) in [7, 11) is 1.64. The molecule has 0 unspecified atom stereocenters. The first-order valence-corrected chi connectivity index (χ1v) is 9.66. The maximum Gasteiger partial charge on any atom is 0.277 e. The molecule has 0 amide bonds. The third-order valence-electron chi connectivity index (χ3n) is 3.52. The maximum absolute atomic E-state index is 5.67. The second-order valence-electron chi connectivity index (χ2n) is 5.30. The number of rotatable bonds is 7. The van der Waals surface area contributed by atoms with Crippen LogP contribution in [0, 0.1) is 0 Å². The molecule has 0 saturated heterocycles. The fourth-order valence-corrected chi connectivity index (χ4v) is 3.48. The first-order chi connectivity index (χ1) is 12.8. The Hall–Kier alpha value is -2.65. The molecule has 0 atom stereocenters. The van der Waals surface area contributed by atoms with Gasteiger partial charge in [-0.25, -0.2) is 0 Å². The molecule has 0 bridgehead atoms. The van der Waals surface area contributed by atoms with E-state index in [9.17, 15) is 0 Å². The average Bonchev–Trinajstić information content (AvgIpc) is 3.42. The molecule has 7 nitrogen and oxygen atoms in total. The lowest BCUT2D eigenvalue weighted by atomic mass is 10.1. The highest BCUT2D eigenvalue weighted by Crippen LogP contribution is 2.24. The van der Waals surface area contributed by atoms with Crippen LogP contribution in [0.5, 0.6) is 5.75 Å². The van der Waals surface area contributed by atoms with Crippen molar-refractivity contribution in [3.05, 3.63) is 58.4 Å². The molecule has 4 rings (SSSR count). The summed E-state index contributed by atoms with van der Waals surface area (Å²) in [5, 5.41) is 16.5. The first-order valence-electron chi connectivity index (χ1n) is 7.73. The number of benzene rings is 1. The molecule has 3 aromatic heterocycles. The van der Waals surface area contributed by atoms with Gasteiger partial charge in [-0.05, 0) is 29.1 Å². The summed E-state index contributed by atoms with van der Waals surface area (Å²) in [4.78, 5) is 4.36. The molecule has 0 spiro atoms. The number of hydrogen-bond donors (Lipinski definition) is 0. The van der Waals surface area contributed by atoms with E-state index in [2.05, 4.69) is 20.3 Å². The molecular weight excluding hydrogens is 372 g/mol. The Kier molecular flexibility index (Phi) is 4.98. The molecule has 0 N–H and O–H groups in total. The van der Waals surface area contributed by atoms with Gasteiger partial charge in [0, 0.05) is 5.38 Å². The monoisotopic (exact) mass is 386 g/mol. The predicted octanol–water partition coefficient (Wildman–Crippen LogP) is 4.07. The molecule has 0 saturated carbocycles. The van der Waals surface area contributed by atoms with Crippen molar-refractivity contribution < 1.29 is 13.7 Å². The van der Waals surface area contributed by atoms with Crippen LogP contribution in [0.4, 0.5) is 0 Å². The number of aromatic nitrogens is 4. The van der Waals surface area contributed by atoms with E-state index in [0.29, 0.717) is 35.0 Å². The summed E-state index contributed by atoms with van der Waals surface area (Å²) in [5.41, 5.74) is 2.00. The fraction of sp³-hybridized carbons (Fsp3) is 0.176. The summed E-state index contributed by atoms with van der Waals surface area (Å²) >= 11 is 2.96. The molecule has 0 aliphatic heterocycles. The molecule has 0 aliphatic rings. The standard InChI is InChI=1S/C17H14N4O3S2/c1-22-13-4-2-11(3-5-13)8-15-19-20-17(23-15)26-10-14-18-16(24-21-14)12-6-7-25-9-12/h2-7,9H,8,10H2,1H3. The minimum Gasteiger partial charge on any atom is -0.497 e. The van der Waals surface area contributed by atoms with E-state index in [1.54, 1.807) is 18.4 Å². The lowest BCUT2D eigenvalue weighted by Gasteiger charge is -2.00. The van der Waals surface area contributed by atoms with Crippen molar-refractivity contribution in [2.45, 2.75) is 17.4 Å². The lowest BCUT2D eigenvalue weighted by molar-refractivity contribution is 0.413. The largest absolute Gasteiger partial charge is 0.497 e. The van der Waals surface area contributed by atoms with Crippen molar-refractivity contribution in [2.75, 3.05) is 7.11 Å². The minimum atomic E-state index is 0.482. The summed E-state index contributed by atoms with van der Waals surface area (Å²) in [6.07, 6.45) is 0.571. The van der Waals surface area contributed by atoms with Crippen LogP contribution in [0.3, 0.4) is 0 Å². The van der Waals surface area contributed by atoms with E-state index in [-0.39, 0.29) is 0 Å². The van der Waals surface area contributed by atoms with E-state index in [1.165, 1.54) is 11.8 Å². The van der Waals surface area contributed by atoms with Crippen LogP contribution in [-0.2, 0) is 12.2 Å². The Labute approximate surface area is 157 Å². The van der Waals surface area contributed by atoms with Gasteiger partial charge in [-0.3, -0.25) is 0 Å². The normalized spacial score (nSPS) is 11.0. The number of hydrogen-bond acceptors (Lipinski definition) is 9. The van der Waals surface area contributed by atoms with Crippen molar-refractivity contribution in [2.24, 2.45) is 0 Å². The van der Waals surface area contributed by atoms with Crippen molar-refractivity contribution >= 4 is 23.1 Å². The maximum atomic E-state index is 5.67. The second kappa shape index (κ2) is 7.71. The molecule has 0 fully saturated rings. The number of ether oxygens (including phenoxy) is 1. The number of methoxy groups -OCH3 is 1. The zero-order valence-corrected chi connectivity index (χ0v) is 15.4. The third-order valence-corrected chi connectivity index (χ3v) is 5.02. The molecule has 26 heavy (non-hydrogen) atoms. The van der Waals surface area contributed by atoms with Crippen LogP contribution in [-0.4, -0.2) is 27.4 Å². The van der Waals surface area contributed by atoms with Gasteiger partial charge in [-0.1, -0.05) is 29.1 Å². The van der Waals surface area contributed by atoms with Gasteiger partial charge in [0.25, 0.3) is 11.1 Å². The second-order valence-corrected chi connectivity index (χ2v) is 7.01. The van der Waals surface area contributed by atoms with Crippen LogP contribution in [0.1, 0.15) is 17.3 Å². The van der Waals surface area contributed by atoms with Gasteiger partial charge in [0.2, 0.25) is 5.89 Å². The van der Waals surface area contributed by atoms with Gasteiger partial charge in [-0.15, -0.1) is 10.2 Å². The van der Waals surface area contributed by atoms with E-state index in [4.69, 9.17) is 13.7 Å². The lowest BCUT2D eigenvalue weighted by Crippen LogP contribution is -1.89. The summed E-state index contributed by atoms with van der Waals surface area (Å²) < 4.78 is 16.1. The molecule has 0 aliphatic carbocycles. The van der Waals surface area contributed by atoms with Crippen LogP contribution < -0.4 is 4.74 Å². The van der Waals surface area contributed by atoms with Crippen molar-refractivity contribution in [1.82, 2.24) is 20.3 Å². The Bertz CT molecular complexity index is 964. The van der Waals surface area contributed by atoms with Crippen LogP contribution >= 0.6 is 23.1 Å². The van der Waals surface area contributed by atoms with Crippen LogP contribution in [0.2, 0.25) is 0 Å². The molecular formula is C17H14N4O3S2. The zero-order valence-electron chi connectivity index (χ0n) is 13.8. The molecule has 132 valence electrons.